The van der Waals surface area contributed by atoms with Crippen LogP contribution in [0.25, 0.3) is 0 Å². The number of ether oxygens (including phenoxy) is 1. The van der Waals surface area contributed by atoms with Crippen LogP contribution in [0.2, 0.25) is 5.02 Å². The quantitative estimate of drug-likeness (QED) is 0.414. The minimum Gasteiger partial charge on any atom is -0.495 e. The normalized spacial score (nSPS) is 14.6. The number of methoxy groups -OCH3 is 1. The highest BCUT2D eigenvalue weighted by Crippen LogP contribution is 2.31. The number of para-hydroxylation sites is 1. The van der Waals surface area contributed by atoms with Crippen LogP contribution in [-0.4, -0.2) is 47.2 Å². The van der Waals surface area contributed by atoms with Crippen LogP contribution in [-0.2, 0) is 20.0 Å². The highest BCUT2D eigenvalue weighted by atomic mass is 35.5. The zero-order valence-corrected chi connectivity index (χ0v) is 22.4. The molecular formula is C25H26ClN3O6S2. The molecule has 4 rings (SSSR count). The second kappa shape index (κ2) is 11.1. The molecule has 1 aliphatic rings. The average molecular weight is 564 g/mol. The van der Waals surface area contributed by atoms with Gasteiger partial charge in [-0.3, -0.25) is 9.52 Å². The van der Waals surface area contributed by atoms with Crippen molar-refractivity contribution >= 4 is 48.9 Å². The number of carbonyl (C=O) groups excluding carboxylic acids is 1. The predicted octanol–water partition coefficient (Wildman–Crippen LogP) is 4.58. The molecule has 3 aromatic carbocycles. The molecule has 0 bridgehead atoms. The lowest BCUT2D eigenvalue weighted by Gasteiger charge is -2.26. The van der Waals surface area contributed by atoms with Gasteiger partial charge in [-0.2, -0.15) is 4.31 Å². The zero-order valence-electron chi connectivity index (χ0n) is 20.0. The van der Waals surface area contributed by atoms with Crippen molar-refractivity contribution in [3.63, 3.8) is 0 Å². The number of amides is 1. The van der Waals surface area contributed by atoms with Crippen molar-refractivity contribution in [3.05, 3.63) is 77.3 Å². The van der Waals surface area contributed by atoms with Crippen molar-refractivity contribution in [1.82, 2.24) is 4.31 Å². The van der Waals surface area contributed by atoms with E-state index in [1.165, 1.54) is 59.9 Å². The largest absolute Gasteiger partial charge is 0.495 e. The third-order valence-electron chi connectivity index (χ3n) is 5.90. The second-order valence-electron chi connectivity index (χ2n) is 8.39. The predicted molar refractivity (Wildman–Crippen MR) is 142 cm³/mol. The summed E-state index contributed by atoms with van der Waals surface area (Å²) >= 11 is 6.06. The van der Waals surface area contributed by atoms with E-state index in [9.17, 15) is 21.6 Å². The Morgan fingerprint density at radius 2 is 1.59 bits per heavy atom. The van der Waals surface area contributed by atoms with E-state index in [2.05, 4.69) is 10.0 Å². The molecule has 0 spiro atoms. The molecule has 1 amide bonds. The Balaban J connectivity index is 1.59. The molecular weight excluding hydrogens is 538 g/mol. The minimum atomic E-state index is -4.04. The summed E-state index contributed by atoms with van der Waals surface area (Å²) in [5, 5.41) is 2.88. The fraction of sp³-hybridized carbons (Fsp3) is 0.240. The first-order valence-electron chi connectivity index (χ1n) is 11.5. The molecule has 2 N–H and O–H groups in total. The zero-order chi connectivity index (χ0) is 26.6. The van der Waals surface area contributed by atoms with E-state index in [-0.39, 0.29) is 37.5 Å². The number of hydrogen-bond acceptors (Lipinski definition) is 6. The van der Waals surface area contributed by atoms with Gasteiger partial charge in [-0.05, 0) is 61.4 Å². The standard InChI is InChI=1S/C25H26ClN3O6S2/c1-35-24-13-12-20(37(33,34)29-14-5-2-6-15-29)17-23(24)27-25(30)18-8-7-9-19(16-18)36(31,32)28-22-11-4-3-10-21(22)26/h3-4,7-13,16-17,28H,2,5-6,14-15H2,1H3,(H,27,30). The molecule has 9 nitrogen and oxygen atoms in total. The number of hydrogen-bond donors (Lipinski definition) is 2. The maximum Gasteiger partial charge on any atom is 0.261 e. The molecule has 1 saturated heterocycles. The van der Waals surface area contributed by atoms with Gasteiger partial charge in [0, 0.05) is 18.7 Å². The number of halogens is 1. The van der Waals surface area contributed by atoms with Crippen LogP contribution in [0, 0.1) is 0 Å². The molecule has 1 fully saturated rings. The molecule has 12 heteroatoms. The summed E-state index contributed by atoms with van der Waals surface area (Å²) < 4.78 is 61.2. The maximum absolute atomic E-state index is 13.1. The first-order valence-corrected chi connectivity index (χ1v) is 14.8. The Bertz CT molecular complexity index is 1520. The molecule has 196 valence electrons. The fourth-order valence-electron chi connectivity index (χ4n) is 3.95. The molecule has 3 aromatic rings. The van der Waals surface area contributed by atoms with Gasteiger partial charge in [-0.15, -0.1) is 0 Å². The lowest BCUT2D eigenvalue weighted by Crippen LogP contribution is -2.35. The van der Waals surface area contributed by atoms with Gasteiger partial charge in [0.1, 0.15) is 5.75 Å². The van der Waals surface area contributed by atoms with Crippen LogP contribution in [0.3, 0.4) is 0 Å². The molecule has 0 saturated carbocycles. The molecule has 1 heterocycles. The number of carbonyl (C=O) groups is 1. The Labute approximate surface area is 221 Å². The first-order chi connectivity index (χ1) is 17.6. The van der Waals surface area contributed by atoms with Gasteiger partial charge < -0.3 is 10.1 Å². The van der Waals surface area contributed by atoms with Gasteiger partial charge in [0.25, 0.3) is 15.9 Å². The monoisotopic (exact) mass is 563 g/mol. The molecule has 0 unspecified atom stereocenters. The van der Waals surface area contributed by atoms with Crippen LogP contribution < -0.4 is 14.8 Å². The molecule has 0 aliphatic carbocycles. The van der Waals surface area contributed by atoms with Crippen molar-refractivity contribution in [2.45, 2.75) is 29.1 Å². The number of rotatable bonds is 8. The summed E-state index contributed by atoms with van der Waals surface area (Å²) in [5.74, 6) is -0.379. The lowest BCUT2D eigenvalue weighted by molar-refractivity contribution is 0.102. The minimum absolute atomic E-state index is 0.0331. The number of nitrogens with one attached hydrogen (secondary N) is 2. The SMILES string of the molecule is COc1ccc(S(=O)(=O)N2CCCCC2)cc1NC(=O)c1cccc(S(=O)(=O)Nc2ccccc2Cl)c1. The van der Waals surface area contributed by atoms with Crippen molar-refractivity contribution in [2.75, 3.05) is 30.2 Å². The number of piperidine rings is 1. The van der Waals surface area contributed by atoms with Gasteiger partial charge in [0.15, 0.2) is 0 Å². The number of nitrogens with zero attached hydrogens (tertiary/aromatic N) is 1. The number of benzene rings is 3. The van der Waals surface area contributed by atoms with E-state index in [1.807, 2.05) is 0 Å². The summed E-state index contributed by atoms with van der Waals surface area (Å²) in [4.78, 5) is 13.0. The van der Waals surface area contributed by atoms with Crippen molar-refractivity contribution in [1.29, 1.82) is 0 Å². The smallest absolute Gasteiger partial charge is 0.261 e. The van der Waals surface area contributed by atoms with E-state index in [0.717, 1.165) is 19.3 Å². The fourth-order valence-corrected chi connectivity index (χ4v) is 6.85. The molecule has 1 aliphatic heterocycles. The molecule has 0 atom stereocenters. The highest BCUT2D eigenvalue weighted by molar-refractivity contribution is 7.92. The van der Waals surface area contributed by atoms with Gasteiger partial charge in [0.2, 0.25) is 10.0 Å². The first kappa shape index (κ1) is 26.9. The summed E-state index contributed by atoms with van der Waals surface area (Å²) in [6, 6.07) is 16.1. The third-order valence-corrected chi connectivity index (χ3v) is 9.48. The van der Waals surface area contributed by atoms with E-state index >= 15 is 0 Å². The van der Waals surface area contributed by atoms with Gasteiger partial charge >= 0.3 is 0 Å². The van der Waals surface area contributed by atoms with Crippen LogP contribution in [0.1, 0.15) is 29.6 Å². The van der Waals surface area contributed by atoms with Crippen molar-refractivity contribution < 1.29 is 26.4 Å². The Hall–Kier alpha value is -3.12. The van der Waals surface area contributed by atoms with Crippen LogP contribution in [0.5, 0.6) is 5.75 Å². The molecule has 0 aromatic heterocycles. The van der Waals surface area contributed by atoms with Crippen LogP contribution >= 0.6 is 11.6 Å². The highest BCUT2D eigenvalue weighted by Gasteiger charge is 2.27. The molecule has 0 radical (unpaired) electrons. The maximum atomic E-state index is 13.1. The lowest BCUT2D eigenvalue weighted by atomic mass is 10.2. The summed E-state index contributed by atoms with van der Waals surface area (Å²) in [6.45, 7) is 0.888. The Morgan fingerprint density at radius 1 is 0.865 bits per heavy atom. The Morgan fingerprint density at radius 3 is 2.30 bits per heavy atom. The van der Waals surface area contributed by atoms with Gasteiger partial charge in [-0.1, -0.05) is 36.2 Å². The van der Waals surface area contributed by atoms with Gasteiger partial charge in [-0.25, -0.2) is 16.8 Å². The van der Waals surface area contributed by atoms with E-state index in [0.29, 0.717) is 13.1 Å². The van der Waals surface area contributed by atoms with Crippen molar-refractivity contribution in [2.24, 2.45) is 0 Å². The van der Waals surface area contributed by atoms with E-state index in [4.69, 9.17) is 16.3 Å². The summed E-state index contributed by atoms with van der Waals surface area (Å²) in [7, 11) is -6.38. The molecule has 37 heavy (non-hydrogen) atoms. The van der Waals surface area contributed by atoms with Crippen LogP contribution in [0.4, 0.5) is 11.4 Å². The average Bonchev–Trinajstić information content (AvgIpc) is 2.90. The number of sulfonamides is 2. The van der Waals surface area contributed by atoms with E-state index < -0.39 is 26.0 Å². The van der Waals surface area contributed by atoms with Gasteiger partial charge in [0.05, 0.1) is 33.3 Å². The number of anilines is 2. The van der Waals surface area contributed by atoms with Crippen molar-refractivity contribution in [3.8, 4) is 5.75 Å². The summed E-state index contributed by atoms with van der Waals surface area (Å²) in [5.41, 5.74) is 0.400. The Kier molecular flexibility index (Phi) is 8.08. The second-order valence-corrected chi connectivity index (χ2v) is 12.4. The topological polar surface area (TPSA) is 122 Å². The third kappa shape index (κ3) is 6.07. The van der Waals surface area contributed by atoms with Crippen LogP contribution in [0.15, 0.2) is 76.5 Å². The van der Waals surface area contributed by atoms with E-state index in [1.54, 1.807) is 18.2 Å². The summed E-state index contributed by atoms with van der Waals surface area (Å²) in [6.07, 6.45) is 2.58.